The zero-order valence-electron chi connectivity index (χ0n) is 8.83. The average Bonchev–Trinajstić information content (AvgIpc) is 2.29. The number of aromatic nitrogens is 1. The molecule has 1 heterocycles. The van der Waals surface area contributed by atoms with Crippen molar-refractivity contribution < 1.29 is 24.9 Å². The average molecular weight is 240 g/mol. The lowest BCUT2D eigenvalue weighted by atomic mass is 10.2. The van der Waals surface area contributed by atoms with E-state index in [4.69, 9.17) is 10.2 Å². The molecule has 1 aromatic rings. The van der Waals surface area contributed by atoms with E-state index in [1.54, 1.807) is 0 Å². The van der Waals surface area contributed by atoms with Gasteiger partial charge in [0.1, 0.15) is 5.75 Å². The fourth-order valence-electron chi connectivity index (χ4n) is 1.12. The number of nitrogens with zero attached hydrogens (tertiary/aromatic N) is 1. The Labute approximate surface area is 96.7 Å². The van der Waals surface area contributed by atoms with Crippen LogP contribution in [0.15, 0.2) is 18.5 Å². The van der Waals surface area contributed by atoms with E-state index < -0.39 is 18.0 Å². The van der Waals surface area contributed by atoms with Gasteiger partial charge >= 0.3 is 5.97 Å². The van der Waals surface area contributed by atoms with Gasteiger partial charge < -0.3 is 20.6 Å². The number of aliphatic hydroxyl groups is 1. The molecule has 7 nitrogen and oxygen atoms in total. The number of carboxylic acid groups (broad SMARTS) is 1. The summed E-state index contributed by atoms with van der Waals surface area (Å²) in [6.45, 7) is -0.00589. The van der Waals surface area contributed by atoms with Crippen LogP contribution in [-0.4, -0.2) is 44.8 Å². The van der Waals surface area contributed by atoms with Gasteiger partial charge in [-0.2, -0.15) is 0 Å². The van der Waals surface area contributed by atoms with Crippen molar-refractivity contribution in [2.45, 2.75) is 12.5 Å². The lowest BCUT2D eigenvalue weighted by Gasteiger charge is -2.07. The summed E-state index contributed by atoms with van der Waals surface area (Å²) in [4.78, 5) is 25.4. The van der Waals surface area contributed by atoms with E-state index in [9.17, 15) is 14.7 Å². The highest BCUT2D eigenvalue weighted by molar-refractivity contribution is 5.96. The fraction of sp³-hybridized carbons (Fsp3) is 0.300. The molecule has 0 saturated carbocycles. The number of aliphatic carboxylic acids is 1. The highest BCUT2D eigenvalue weighted by atomic mass is 16.4. The number of carboxylic acids is 1. The molecule has 0 aliphatic heterocycles. The van der Waals surface area contributed by atoms with Crippen molar-refractivity contribution in [2.75, 3.05) is 6.54 Å². The first-order chi connectivity index (χ1) is 8.02. The van der Waals surface area contributed by atoms with Crippen LogP contribution in [0, 0.1) is 0 Å². The number of aromatic hydroxyl groups is 1. The van der Waals surface area contributed by atoms with Crippen LogP contribution in [0.5, 0.6) is 5.75 Å². The van der Waals surface area contributed by atoms with Crippen LogP contribution >= 0.6 is 0 Å². The maximum atomic E-state index is 11.5. The monoisotopic (exact) mass is 240 g/mol. The first-order valence-corrected chi connectivity index (χ1v) is 4.84. The summed E-state index contributed by atoms with van der Waals surface area (Å²) in [5, 5.41) is 29.0. The summed E-state index contributed by atoms with van der Waals surface area (Å²) >= 11 is 0. The number of carbonyl (C=O) groups is 2. The van der Waals surface area contributed by atoms with Crippen LogP contribution in [0.25, 0.3) is 0 Å². The molecule has 0 aromatic carbocycles. The van der Waals surface area contributed by atoms with Crippen LogP contribution in [-0.2, 0) is 4.79 Å². The van der Waals surface area contributed by atoms with E-state index in [1.165, 1.54) is 12.3 Å². The maximum Gasteiger partial charge on any atom is 0.332 e. The van der Waals surface area contributed by atoms with Gasteiger partial charge in [-0.25, -0.2) is 4.79 Å². The van der Waals surface area contributed by atoms with Crippen molar-refractivity contribution in [1.82, 2.24) is 10.3 Å². The quantitative estimate of drug-likeness (QED) is 0.543. The Morgan fingerprint density at radius 2 is 2.18 bits per heavy atom. The summed E-state index contributed by atoms with van der Waals surface area (Å²) in [6.07, 6.45) is 0.857. The number of rotatable bonds is 5. The van der Waals surface area contributed by atoms with Gasteiger partial charge in [0, 0.05) is 19.2 Å². The molecule has 0 aliphatic rings. The normalized spacial score (nSPS) is 11.8. The molecule has 1 amide bonds. The summed E-state index contributed by atoms with van der Waals surface area (Å²) in [6, 6.07) is 1.33. The molecule has 7 heteroatoms. The molecule has 4 N–H and O–H groups in total. The van der Waals surface area contributed by atoms with Gasteiger partial charge in [0.25, 0.3) is 5.91 Å². The lowest BCUT2D eigenvalue weighted by molar-refractivity contribution is -0.146. The van der Waals surface area contributed by atoms with Gasteiger partial charge in [0.05, 0.1) is 11.8 Å². The van der Waals surface area contributed by atoms with Gasteiger partial charge in [-0.15, -0.1) is 0 Å². The molecule has 0 unspecified atom stereocenters. The van der Waals surface area contributed by atoms with Crippen molar-refractivity contribution in [1.29, 1.82) is 0 Å². The topological polar surface area (TPSA) is 120 Å². The molecule has 0 fully saturated rings. The number of pyridine rings is 1. The second-order valence-corrected chi connectivity index (χ2v) is 3.29. The third-order valence-corrected chi connectivity index (χ3v) is 2.03. The van der Waals surface area contributed by atoms with Crippen LogP contribution in [0.2, 0.25) is 0 Å². The molecule has 0 spiro atoms. The maximum absolute atomic E-state index is 11.5. The Morgan fingerprint density at radius 1 is 1.47 bits per heavy atom. The minimum absolute atomic E-state index is 0.00589. The third kappa shape index (κ3) is 3.72. The molecular weight excluding hydrogens is 228 g/mol. The third-order valence-electron chi connectivity index (χ3n) is 2.03. The first kappa shape index (κ1) is 12.9. The van der Waals surface area contributed by atoms with Crippen molar-refractivity contribution in [3.8, 4) is 5.75 Å². The second-order valence-electron chi connectivity index (χ2n) is 3.29. The largest absolute Gasteiger partial charge is 0.505 e. The standard InChI is InChI=1S/C10H12N2O5/c13-7(10(16)17)2-4-12-9(15)6-1-3-11-5-8(6)14/h1,3,5,7,13-14H,2,4H2,(H,12,15)(H,16,17)/t7-/m0/s1. The molecule has 1 rings (SSSR count). The summed E-state index contributed by atoms with van der Waals surface area (Å²) in [7, 11) is 0. The summed E-state index contributed by atoms with van der Waals surface area (Å²) in [5.41, 5.74) is 0.0461. The molecule has 17 heavy (non-hydrogen) atoms. The molecule has 0 saturated heterocycles. The molecule has 0 radical (unpaired) electrons. The van der Waals surface area contributed by atoms with Crippen LogP contribution < -0.4 is 5.32 Å². The zero-order valence-corrected chi connectivity index (χ0v) is 8.83. The van der Waals surface area contributed by atoms with Crippen LogP contribution in [0.3, 0.4) is 0 Å². The predicted molar refractivity (Wildman–Crippen MR) is 56.5 cm³/mol. The van der Waals surface area contributed by atoms with Gasteiger partial charge in [0.15, 0.2) is 6.10 Å². The fourth-order valence-corrected chi connectivity index (χ4v) is 1.12. The van der Waals surface area contributed by atoms with E-state index in [2.05, 4.69) is 10.3 Å². The SMILES string of the molecule is O=C(NCC[C@H](O)C(=O)O)c1ccncc1O. The minimum Gasteiger partial charge on any atom is -0.505 e. The highest BCUT2D eigenvalue weighted by Crippen LogP contribution is 2.13. The number of carbonyl (C=O) groups excluding carboxylic acids is 1. The Kier molecular flexibility index (Phi) is 4.41. The lowest BCUT2D eigenvalue weighted by Crippen LogP contribution is -2.30. The smallest absolute Gasteiger partial charge is 0.332 e. The van der Waals surface area contributed by atoms with Crippen molar-refractivity contribution in [3.63, 3.8) is 0 Å². The van der Waals surface area contributed by atoms with Crippen molar-refractivity contribution in [2.24, 2.45) is 0 Å². The Hall–Kier alpha value is -2.15. The Bertz CT molecular complexity index is 421. The van der Waals surface area contributed by atoms with Crippen molar-refractivity contribution >= 4 is 11.9 Å². The molecule has 0 bridgehead atoms. The molecule has 1 aromatic heterocycles. The number of amides is 1. The minimum atomic E-state index is -1.51. The zero-order chi connectivity index (χ0) is 12.8. The van der Waals surface area contributed by atoms with Crippen molar-refractivity contribution in [3.05, 3.63) is 24.0 Å². The summed E-state index contributed by atoms with van der Waals surface area (Å²) in [5.74, 6) is -2.16. The van der Waals surface area contributed by atoms with Crippen LogP contribution in [0.1, 0.15) is 16.8 Å². The van der Waals surface area contributed by atoms with E-state index in [0.29, 0.717) is 0 Å². The molecular formula is C10H12N2O5. The van der Waals surface area contributed by atoms with Crippen LogP contribution in [0.4, 0.5) is 0 Å². The Balaban J connectivity index is 2.46. The number of hydrogen-bond acceptors (Lipinski definition) is 5. The van der Waals surface area contributed by atoms with E-state index >= 15 is 0 Å². The Morgan fingerprint density at radius 3 is 2.76 bits per heavy atom. The van der Waals surface area contributed by atoms with Gasteiger partial charge in [-0.1, -0.05) is 0 Å². The van der Waals surface area contributed by atoms with Gasteiger partial charge in [-0.3, -0.25) is 9.78 Å². The first-order valence-electron chi connectivity index (χ1n) is 4.84. The van der Waals surface area contributed by atoms with Gasteiger partial charge in [-0.05, 0) is 6.07 Å². The number of nitrogens with one attached hydrogen (secondary N) is 1. The predicted octanol–water partition coefficient (Wildman–Crippen LogP) is -0.647. The van der Waals surface area contributed by atoms with E-state index in [1.807, 2.05) is 0 Å². The van der Waals surface area contributed by atoms with E-state index in [-0.39, 0.29) is 24.3 Å². The molecule has 1 atom stereocenters. The van der Waals surface area contributed by atoms with Gasteiger partial charge in [0.2, 0.25) is 0 Å². The second kappa shape index (κ2) is 5.80. The number of aliphatic hydroxyl groups excluding tert-OH is 1. The van der Waals surface area contributed by atoms with E-state index in [0.717, 1.165) is 6.20 Å². The highest BCUT2D eigenvalue weighted by Gasteiger charge is 2.14. The molecule has 0 aliphatic carbocycles. The molecule has 92 valence electrons. The summed E-state index contributed by atoms with van der Waals surface area (Å²) < 4.78 is 0. The number of hydrogen-bond donors (Lipinski definition) is 4.